The van der Waals surface area contributed by atoms with Crippen LogP contribution in [0.2, 0.25) is 0 Å². The number of nitrogens with one attached hydrogen (secondary N) is 1. The molecule has 1 aromatic rings. The third kappa shape index (κ3) is 1.52. The van der Waals surface area contributed by atoms with Gasteiger partial charge in [0.05, 0.1) is 5.70 Å². The van der Waals surface area contributed by atoms with Crippen LogP contribution in [0.15, 0.2) is 30.1 Å². The minimum atomic E-state index is 0.504. The molecular weight excluding hydrogens is 216 g/mol. The van der Waals surface area contributed by atoms with Crippen molar-refractivity contribution in [2.24, 2.45) is 5.92 Å². The first-order chi connectivity index (χ1) is 7.74. The predicted molar refractivity (Wildman–Crippen MR) is 68.0 cm³/mol. The van der Waals surface area contributed by atoms with E-state index in [2.05, 4.69) is 35.8 Å². The lowest BCUT2D eigenvalue weighted by atomic mass is 10.0. The normalized spacial score (nSPS) is 22.4. The minimum Gasteiger partial charge on any atom is -0.336 e. The van der Waals surface area contributed by atoms with E-state index in [0.717, 1.165) is 18.5 Å². The van der Waals surface area contributed by atoms with E-state index in [0.29, 0.717) is 11.0 Å². The highest BCUT2D eigenvalue weighted by molar-refractivity contribution is 7.80. The summed E-state index contributed by atoms with van der Waals surface area (Å²) in [5, 5.41) is 7.95. The van der Waals surface area contributed by atoms with E-state index in [4.69, 9.17) is 12.2 Å². The molecule has 1 aromatic carbocycles. The standard InChI is InChI=1S/C13H13N2S/c1-8-3-2-4-9-5-10(6-11(8)9)12-7-14-13(16)15-12/h2-4,7,10H,5-6H2,1H3,(H,14,16). The van der Waals surface area contributed by atoms with Gasteiger partial charge in [0.25, 0.3) is 0 Å². The van der Waals surface area contributed by atoms with E-state index in [1.54, 1.807) is 0 Å². The van der Waals surface area contributed by atoms with E-state index < -0.39 is 0 Å². The average Bonchev–Trinajstić information content (AvgIpc) is 2.84. The highest BCUT2D eigenvalue weighted by Crippen LogP contribution is 2.33. The van der Waals surface area contributed by atoms with Gasteiger partial charge >= 0.3 is 0 Å². The Balaban J connectivity index is 1.86. The molecule has 0 aromatic heterocycles. The van der Waals surface area contributed by atoms with Crippen LogP contribution in [0.1, 0.15) is 16.7 Å². The lowest BCUT2D eigenvalue weighted by molar-refractivity contribution is 0.633. The maximum atomic E-state index is 5.01. The summed E-state index contributed by atoms with van der Waals surface area (Å²) >= 11 is 5.01. The molecule has 1 atom stereocenters. The summed E-state index contributed by atoms with van der Waals surface area (Å²) in [6, 6.07) is 6.55. The second-order valence-electron chi connectivity index (χ2n) is 4.45. The highest BCUT2D eigenvalue weighted by atomic mass is 32.1. The lowest BCUT2D eigenvalue weighted by Crippen LogP contribution is -2.18. The minimum absolute atomic E-state index is 0.504. The number of hydrogen-bond donors (Lipinski definition) is 1. The van der Waals surface area contributed by atoms with Crippen LogP contribution < -0.4 is 10.6 Å². The zero-order valence-corrected chi connectivity index (χ0v) is 9.97. The summed E-state index contributed by atoms with van der Waals surface area (Å²) in [5.41, 5.74) is 5.48. The molecule has 0 fully saturated rings. The van der Waals surface area contributed by atoms with E-state index >= 15 is 0 Å². The van der Waals surface area contributed by atoms with Crippen LogP contribution in [0.4, 0.5) is 0 Å². The maximum absolute atomic E-state index is 5.01. The molecule has 3 rings (SSSR count). The largest absolute Gasteiger partial charge is 0.336 e. The fourth-order valence-electron chi connectivity index (χ4n) is 2.57. The Morgan fingerprint density at radius 2 is 2.25 bits per heavy atom. The van der Waals surface area contributed by atoms with Gasteiger partial charge in [0.2, 0.25) is 0 Å². The zero-order valence-electron chi connectivity index (χ0n) is 9.16. The number of aryl methyl sites for hydroxylation is 1. The Labute approximate surface area is 101 Å². The number of allylic oxidation sites excluding steroid dienone is 1. The van der Waals surface area contributed by atoms with Gasteiger partial charge in [0.1, 0.15) is 0 Å². The number of benzene rings is 1. The number of nitrogens with zero attached hydrogens (tertiary/aromatic N) is 1. The van der Waals surface area contributed by atoms with Crippen LogP contribution in [0.5, 0.6) is 0 Å². The molecule has 1 aliphatic heterocycles. The molecule has 2 nitrogen and oxygen atoms in total. The molecule has 0 bridgehead atoms. The third-order valence-corrected chi connectivity index (χ3v) is 3.63. The van der Waals surface area contributed by atoms with Crippen LogP contribution >= 0.6 is 12.2 Å². The summed E-state index contributed by atoms with van der Waals surface area (Å²) < 4.78 is 0. The first-order valence-electron chi connectivity index (χ1n) is 5.53. The molecule has 3 heteroatoms. The summed E-state index contributed by atoms with van der Waals surface area (Å²) in [5.74, 6) is 0.504. The van der Waals surface area contributed by atoms with E-state index in [1.807, 2.05) is 6.20 Å². The smallest absolute Gasteiger partial charge is 0.197 e. The Bertz CT molecular complexity index is 491. The van der Waals surface area contributed by atoms with Gasteiger partial charge in [0.15, 0.2) is 5.11 Å². The second kappa shape index (κ2) is 3.59. The topological polar surface area (TPSA) is 26.1 Å². The lowest BCUT2D eigenvalue weighted by Gasteiger charge is -2.07. The molecule has 1 unspecified atom stereocenters. The van der Waals surface area contributed by atoms with Crippen LogP contribution in [0, 0.1) is 12.8 Å². The molecule has 0 saturated heterocycles. The highest BCUT2D eigenvalue weighted by Gasteiger charge is 2.28. The molecule has 0 saturated carbocycles. The van der Waals surface area contributed by atoms with Gasteiger partial charge in [-0.1, -0.05) is 18.2 Å². The first kappa shape index (κ1) is 9.85. The van der Waals surface area contributed by atoms with Gasteiger partial charge in [-0.2, -0.15) is 0 Å². The summed E-state index contributed by atoms with van der Waals surface area (Å²) in [7, 11) is 0. The molecule has 0 spiro atoms. The van der Waals surface area contributed by atoms with E-state index in [9.17, 15) is 0 Å². The van der Waals surface area contributed by atoms with Gasteiger partial charge in [0, 0.05) is 12.1 Å². The Kier molecular flexibility index (Phi) is 2.21. The Morgan fingerprint density at radius 3 is 2.94 bits per heavy atom. The van der Waals surface area contributed by atoms with Gasteiger partial charge in [-0.15, -0.1) is 0 Å². The molecule has 1 aliphatic carbocycles. The molecule has 0 amide bonds. The van der Waals surface area contributed by atoms with Gasteiger partial charge in [-0.3, -0.25) is 0 Å². The molecule has 81 valence electrons. The van der Waals surface area contributed by atoms with Crippen molar-refractivity contribution in [3.05, 3.63) is 46.8 Å². The summed E-state index contributed by atoms with van der Waals surface area (Å²) in [4.78, 5) is 0. The van der Waals surface area contributed by atoms with Crippen molar-refractivity contribution in [3.8, 4) is 0 Å². The molecule has 2 aliphatic rings. The Morgan fingerprint density at radius 1 is 1.38 bits per heavy atom. The van der Waals surface area contributed by atoms with Crippen molar-refractivity contribution in [1.82, 2.24) is 10.6 Å². The quantitative estimate of drug-likeness (QED) is 0.746. The van der Waals surface area contributed by atoms with E-state index in [-0.39, 0.29) is 0 Å². The van der Waals surface area contributed by atoms with Gasteiger partial charge in [-0.05, 0) is 48.7 Å². The summed E-state index contributed by atoms with van der Waals surface area (Å²) in [6.07, 6.45) is 4.15. The zero-order chi connectivity index (χ0) is 11.1. The third-order valence-electron chi connectivity index (χ3n) is 3.42. The van der Waals surface area contributed by atoms with Crippen LogP contribution in [0.25, 0.3) is 0 Å². The van der Waals surface area contributed by atoms with Crippen molar-refractivity contribution in [2.75, 3.05) is 0 Å². The number of rotatable bonds is 1. The molecule has 1 N–H and O–H groups in total. The van der Waals surface area contributed by atoms with Crippen LogP contribution in [-0.4, -0.2) is 5.11 Å². The number of fused-ring (bicyclic) bond motifs is 1. The maximum Gasteiger partial charge on any atom is 0.197 e. The molecular formula is C13H13N2S. The fourth-order valence-corrected chi connectivity index (χ4v) is 2.73. The SMILES string of the molecule is Cc1cccc2c1CC(C1=CNC(=S)[N]1)C2. The van der Waals surface area contributed by atoms with Crippen LogP contribution in [-0.2, 0) is 12.8 Å². The summed E-state index contributed by atoms with van der Waals surface area (Å²) in [6.45, 7) is 2.18. The monoisotopic (exact) mass is 229 g/mol. The first-order valence-corrected chi connectivity index (χ1v) is 5.94. The van der Waals surface area contributed by atoms with Gasteiger partial charge in [-0.25, -0.2) is 5.32 Å². The Hall–Kier alpha value is -1.35. The van der Waals surface area contributed by atoms with Gasteiger partial charge < -0.3 is 5.32 Å². The number of thiocarbonyl (C=S) groups is 1. The van der Waals surface area contributed by atoms with Crippen molar-refractivity contribution in [3.63, 3.8) is 0 Å². The van der Waals surface area contributed by atoms with Crippen molar-refractivity contribution < 1.29 is 0 Å². The van der Waals surface area contributed by atoms with Crippen molar-refractivity contribution >= 4 is 17.3 Å². The predicted octanol–water partition coefficient (Wildman–Crippen LogP) is 2.04. The van der Waals surface area contributed by atoms with Crippen molar-refractivity contribution in [2.45, 2.75) is 19.8 Å². The van der Waals surface area contributed by atoms with Crippen LogP contribution in [0.3, 0.4) is 0 Å². The fraction of sp³-hybridized carbons (Fsp3) is 0.308. The average molecular weight is 229 g/mol. The molecule has 1 heterocycles. The number of hydrogen-bond acceptors (Lipinski definition) is 1. The molecule has 1 radical (unpaired) electrons. The van der Waals surface area contributed by atoms with E-state index in [1.165, 1.54) is 16.7 Å². The van der Waals surface area contributed by atoms with Crippen molar-refractivity contribution in [1.29, 1.82) is 0 Å². The second-order valence-corrected chi connectivity index (χ2v) is 4.83. The molecule has 16 heavy (non-hydrogen) atoms.